The molecule has 1 aromatic rings. The molecule has 0 saturated heterocycles. The molecule has 0 N–H and O–H groups in total. The maximum absolute atomic E-state index is 12.8. The van der Waals surface area contributed by atoms with Gasteiger partial charge >= 0.3 is 5.97 Å². The summed E-state index contributed by atoms with van der Waals surface area (Å²) >= 11 is 0. The zero-order valence-corrected chi connectivity index (χ0v) is 15.2. The highest BCUT2D eigenvalue weighted by Gasteiger charge is 2.28. The van der Waals surface area contributed by atoms with Crippen LogP contribution in [0.5, 0.6) is 5.75 Å². The Bertz CT molecular complexity index is 620. The van der Waals surface area contributed by atoms with Crippen molar-refractivity contribution in [1.82, 2.24) is 4.90 Å². The molecule has 1 amide bonds. The number of ether oxygens (including phenoxy) is 2. The molecule has 0 aromatic heterocycles. The van der Waals surface area contributed by atoms with Gasteiger partial charge in [0.2, 0.25) is 5.91 Å². The molecule has 1 atom stereocenters. The first-order valence-electron chi connectivity index (χ1n) is 8.75. The summed E-state index contributed by atoms with van der Waals surface area (Å²) in [4.78, 5) is 26.3. The summed E-state index contributed by atoms with van der Waals surface area (Å²) in [5.41, 5.74) is 0.903. The van der Waals surface area contributed by atoms with Crippen LogP contribution in [0.4, 0.5) is 0 Å². The number of methoxy groups -OCH3 is 2. The molecule has 2 rings (SSSR count). The first-order chi connectivity index (χ1) is 12.0. The van der Waals surface area contributed by atoms with E-state index in [1.54, 1.807) is 26.2 Å². The van der Waals surface area contributed by atoms with E-state index in [4.69, 9.17) is 9.47 Å². The van der Waals surface area contributed by atoms with Gasteiger partial charge in [-0.2, -0.15) is 0 Å². The van der Waals surface area contributed by atoms with E-state index < -0.39 is 0 Å². The van der Waals surface area contributed by atoms with Crippen LogP contribution in [0.3, 0.4) is 0 Å². The summed E-state index contributed by atoms with van der Waals surface area (Å²) in [7, 11) is 2.99. The molecule has 0 aliphatic heterocycles. The summed E-state index contributed by atoms with van der Waals surface area (Å²) in [6, 6.07) is 7.75. The fraction of sp³-hybridized carbons (Fsp3) is 0.500. The molecule has 0 spiro atoms. The molecule has 1 aliphatic carbocycles. The second-order valence-corrected chi connectivity index (χ2v) is 6.46. The molecule has 1 saturated carbocycles. The Morgan fingerprint density at radius 2 is 2.00 bits per heavy atom. The molecule has 25 heavy (non-hydrogen) atoms. The summed E-state index contributed by atoms with van der Waals surface area (Å²) in [6.45, 7) is 2.19. The van der Waals surface area contributed by atoms with Crippen LogP contribution < -0.4 is 4.74 Å². The van der Waals surface area contributed by atoms with Gasteiger partial charge in [-0.05, 0) is 36.6 Å². The van der Waals surface area contributed by atoms with E-state index in [0.29, 0.717) is 6.54 Å². The topological polar surface area (TPSA) is 55.8 Å². The van der Waals surface area contributed by atoms with Gasteiger partial charge in [0.15, 0.2) is 0 Å². The minimum Gasteiger partial charge on any atom is -0.497 e. The molecule has 1 aliphatic rings. The molecule has 0 radical (unpaired) electrons. The van der Waals surface area contributed by atoms with Crippen LogP contribution in [0.1, 0.15) is 38.2 Å². The predicted octanol–water partition coefficient (Wildman–Crippen LogP) is 3.29. The number of nitrogens with zero attached hydrogens (tertiary/aromatic N) is 1. The van der Waals surface area contributed by atoms with Crippen LogP contribution >= 0.6 is 0 Å². The van der Waals surface area contributed by atoms with Crippen molar-refractivity contribution in [2.24, 2.45) is 5.92 Å². The maximum Gasteiger partial charge on any atom is 0.310 e. The minimum atomic E-state index is -0.334. The molecule has 0 heterocycles. The van der Waals surface area contributed by atoms with Crippen LogP contribution in [-0.4, -0.2) is 43.6 Å². The van der Waals surface area contributed by atoms with Crippen molar-refractivity contribution in [3.8, 4) is 5.75 Å². The van der Waals surface area contributed by atoms with Crippen molar-refractivity contribution in [3.63, 3.8) is 0 Å². The second-order valence-electron chi connectivity index (χ2n) is 6.46. The van der Waals surface area contributed by atoms with Gasteiger partial charge in [-0.3, -0.25) is 9.59 Å². The lowest BCUT2D eigenvalue weighted by molar-refractivity contribution is -0.146. The van der Waals surface area contributed by atoms with Crippen molar-refractivity contribution < 1.29 is 19.1 Å². The molecule has 0 bridgehead atoms. The molecule has 136 valence electrons. The number of carbonyl (C=O) groups excluding carboxylic acids is 2. The SMILES string of the molecule is COC(=O)C(C)CN(C(=O)/C=C/c1cccc(OC)c1)C1CCCC1. The smallest absolute Gasteiger partial charge is 0.310 e. The van der Waals surface area contributed by atoms with E-state index in [9.17, 15) is 9.59 Å². The van der Waals surface area contributed by atoms with Crippen molar-refractivity contribution in [3.05, 3.63) is 35.9 Å². The first kappa shape index (κ1) is 19.0. The summed E-state index contributed by atoms with van der Waals surface area (Å²) in [5.74, 6) is 0.0689. The average Bonchev–Trinajstić information content (AvgIpc) is 3.17. The quantitative estimate of drug-likeness (QED) is 0.562. The van der Waals surface area contributed by atoms with Crippen LogP contribution in [0.2, 0.25) is 0 Å². The van der Waals surface area contributed by atoms with Gasteiger partial charge in [-0.25, -0.2) is 0 Å². The lowest BCUT2D eigenvalue weighted by Crippen LogP contribution is -2.42. The van der Waals surface area contributed by atoms with E-state index in [2.05, 4.69) is 0 Å². The fourth-order valence-corrected chi connectivity index (χ4v) is 3.21. The molecule has 1 unspecified atom stereocenters. The Morgan fingerprint density at radius 3 is 2.64 bits per heavy atom. The summed E-state index contributed by atoms with van der Waals surface area (Å²) < 4.78 is 10.0. The number of amides is 1. The zero-order chi connectivity index (χ0) is 18.2. The van der Waals surface area contributed by atoms with Crippen LogP contribution in [0.15, 0.2) is 30.3 Å². The fourth-order valence-electron chi connectivity index (χ4n) is 3.21. The van der Waals surface area contributed by atoms with Crippen molar-refractivity contribution in [1.29, 1.82) is 0 Å². The van der Waals surface area contributed by atoms with E-state index in [1.165, 1.54) is 7.11 Å². The van der Waals surface area contributed by atoms with Gasteiger partial charge in [0.05, 0.1) is 20.1 Å². The Balaban J connectivity index is 2.10. The molecule has 5 heteroatoms. The first-order valence-corrected chi connectivity index (χ1v) is 8.75. The maximum atomic E-state index is 12.8. The number of rotatable bonds is 7. The van der Waals surface area contributed by atoms with E-state index in [0.717, 1.165) is 37.0 Å². The van der Waals surface area contributed by atoms with Gasteiger partial charge in [0.1, 0.15) is 5.75 Å². The van der Waals surface area contributed by atoms with Crippen LogP contribution in [0, 0.1) is 5.92 Å². The number of hydrogen-bond donors (Lipinski definition) is 0. The van der Waals surface area contributed by atoms with Gasteiger partial charge in [0, 0.05) is 18.7 Å². The Kier molecular flexibility index (Phi) is 7.04. The third-order valence-electron chi connectivity index (χ3n) is 4.63. The van der Waals surface area contributed by atoms with Gasteiger partial charge < -0.3 is 14.4 Å². The summed E-state index contributed by atoms with van der Waals surface area (Å²) in [5, 5.41) is 0. The van der Waals surface area contributed by atoms with Gasteiger partial charge in [-0.1, -0.05) is 31.9 Å². The molecular weight excluding hydrogens is 318 g/mol. The van der Waals surface area contributed by atoms with E-state index in [1.807, 2.05) is 29.2 Å². The molecule has 1 aromatic carbocycles. The number of hydrogen-bond acceptors (Lipinski definition) is 4. The normalized spacial score (nSPS) is 16.0. The Hall–Kier alpha value is -2.30. The van der Waals surface area contributed by atoms with Gasteiger partial charge in [-0.15, -0.1) is 0 Å². The van der Waals surface area contributed by atoms with E-state index in [-0.39, 0.29) is 23.8 Å². The monoisotopic (exact) mass is 345 g/mol. The van der Waals surface area contributed by atoms with Crippen LogP contribution in [-0.2, 0) is 14.3 Å². The lowest BCUT2D eigenvalue weighted by atomic mass is 10.1. The molecular formula is C20H27NO4. The van der Waals surface area contributed by atoms with Crippen LogP contribution in [0.25, 0.3) is 6.08 Å². The second kappa shape index (κ2) is 9.25. The van der Waals surface area contributed by atoms with Crippen molar-refractivity contribution in [2.75, 3.05) is 20.8 Å². The molecule has 1 fully saturated rings. The number of carbonyl (C=O) groups is 2. The van der Waals surface area contributed by atoms with Gasteiger partial charge in [0.25, 0.3) is 0 Å². The van der Waals surface area contributed by atoms with Crippen molar-refractivity contribution in [2.45, 2.75) is 38.6 Å². The number of benzene rings is 1. The standard InChI is InChI=1S/C20H27NO4/c1-15(20(23)25-3)14-21(17-8-4-5-9-17)19(22)12-11-16-7-6-10-18(13-16)24-2/h6-7,10-13,15,17H,4-5,8-9,14H2,1-3H3/b12-11+. The average molecular weight is 345 g/mol. The lowest BCUT2D eigenvalue weighted by Gasteiger charge is -2.29. The van der Waals surface area contributed by atoms with Crippen molar-refractivity contribution >= 4 is 18.0 Å². The third kappa shape index (κ3) is 5.34. The highest BCUT2D eigenvalue weighted by molar-refractivity contribution is 5.92. The third-order valence-corrected chi connectivity index (χ3v) is 4.63. The predicted molar refractivity (Wildman–Crippen MR) is 97.2 cm³/mol. The summed E-state index contributed by atoms with van der Waals surface area (Å²) in [6.07, 6.45) is 7.60. The largest absolute Gasteiger partial charge is 0.497 e. The highest BCUT2D eigenvalue weighted by atomic mass is 16.5. The zero-order valence-electron chi connectivity index (χ0n) is 15.2. The number of esters is 1. The van der Waals surface area contributed by atoms with E-state index >= 15 is 0 Å². The Morgan fingerprint density at radius 1 is 1.28 bits per heavy atom. The Labute approximate surface area is 149 Å². The molecule has 5 nitrogen and oxygen atoms in total. The minimum absolute atomic E-state index is 0.0644. The highest BCUT2D eigenvalue weighted by Crippen LogP contribution is 2.25.